The minimum absolute atomic E-state index is 0.00787. The number of halogens is 2. The van der Waals surface area contributed by atoms with Crippen LogP contribution in [-0.2, 0) is 0 Å². The van der Waals surface area contributed by atoms with Crippen molar-refractivity contribution in [2.75, 3.05) is 13.1 Å². The average Bonchev–Trinajstić information content (AvgIpc) is 2.90. The molecule has 134 valence electrons. The summed E-state index contributed by atoms with van der Waals surface area (Å²) in [6, 6.07) is 5.73. The monoisotopic (exact) mass is 348 g/mol. The fraction of sp³-hybridized carbons (Fsp3) is 0.579. The van der Waals surface area contributed by atoms with E-state index in [0.717, 1.165) is 31.5 Å². The first kappa shape index (κ1) is 16.6. The second-order valence-electron chi connectivity index (χ2n) is 7.45. The average molecular weight is 348 g/mol. The summed E-state index contributed by atoms with van der Waals surface area (Å²) in [4.78, 5) is 26.3. The number of fused-ring (bicyclic) bond motifs is 1. The second kappa shape index (κ2) is 6.16. The SMILES string of the molecule is O=C1NC(=O)c2c1cccc2C1CCN(C2CCC(F)(F)CC2)CC1. The van der Waals surface area contributed by atoms with Gasteiger partial charge in [-0.25, -0.2) is 8.78 Å². The van der Waals surface area contributed by atoms with E-state index in [4.69, 9.17) is 0 Å². The minimum Gasteiger partial charge on any atom is -0.300 e. The number of hydrogen-bond acceptors (Lipinski definition) is 3. The molecule has 1 aromatic rings. The molecular weight excluding hydrogens is 326 g/mol. The smallest absolute Gasteiger partial charge is 0.259 e. The predicted molar refractivity (Wildman–Crippen MR) is 89.0 cm³/mol. The van der Waals surface area contributed by atoms with Gasteiger partial charge in [0.15, 0.2) is 0 Å². The molecule has 0 atom stereocenters. The summed E-state index contributed by atoms with van der Waals surface area (Å²) in [6.07, 6.45) is 2.90. The number of rotatable bonds is 2. The third-order valence-corrected chi connectivity index (χ3v) is 5.97. The number of hydrogen-bond donors (Lipinski definition) is 1. The van der Waals surface area contributed by atoms with Gasteiger partial charge in [0.2, 0.25) is 5.92 Å². The standard InChI is InChI=1S/C19H22F2N2O2/c20-19(21)8-4-13(5-9-19)23-10-6-12(7-11-23)14-2-1-3-15-16(14)18(25)22-17(15)24/h1-3,12-13H,4-11H2,(H,22,24,25). The molecule has 2 fully saturated rings. The number of benzene rings is 1. The van der Waals surface area contributed by atoms with E-state index < -0.39 is 5.92 Å². The van der Waals surface area contributed by atoms with E-state index in [1.54, 1.807) is 6.07 Å². The Morgan fingerprint density at radius 3 is 2.36 bits per heavy atom. The van der Waals surface area contributed by atoms with Gasteiger partial charge in [-0.1, -0.05) is 12.1 Å². The van der Waals surface area contributed by atoms with Gasteiger partial charge in [-0.3, -0.25) is 14.9 Å². The summed E-state index contributed by atoms with van der Waals surface area (Å²) in [5, 5.41) is 2.37. The van der Waals surface area contributed by atoms with Crippen LogP contribution in [0.15, 0.2) is 18.2 Å². The lowest BCUT2D eigenvalue weighted by Gasteiger charge is -2.41. The Kier molecular flexibility index (Phi) is 4.10. The van der Waals surface area contributed by atoms with Crippen LogP contribution in [0.5, 0.6) is 0 Å². The van der Waals surface area contributed by atoms with Gasteiger partial charge in [0, 0.05) is 18.9 Å². The fourth-order valence-corrected chi connectivity index (χ4v) is 4.55. The molecule has 4 rings (SSSR count). The summed E-state index contributed by atoms with van der Waals surface area (Å²) in [5.41, 5.74) is 1.96. The van der Waals surface area contributed by atoms with Gasteiger partial charge >= 0.3 is 0 Å². The zero-order valence-corrected chi connectivity index (χ0v) is 14.1. The molecule has 1 saturated carbocycles. The maximum Gasteiger partial charge on any atom is 0.259 e. The first-order valence-corrected chi connectivity index (χ1v) is 9.05. The van der Waals surface area contributed by atoms with E-state index in [-0.39, 0.29) is 36.6 Å². The first-order chi connectivity index (χ1) is 11.9. The quantitative estimate of drug-likeness (QED) is 0.834. The lowest BCUT2D eigenvalue weighted by atomic mass is 9.83. The topological polar surface area (TPSA) is 49.4 Å². The normalized spacial score (nSPS) is 25.0. The van der Waals surface area contributed by atoms with Crippen molar-refractivity contribution in [1.29, 1.82) is 0 Å². The molecule has 2 aliphatic heterocycles. The van der Waals surface area contributed by atoms with E-state index in [2.05, 4.69) is 10.2 Å². The summed E-state index contributed by atoms with van der Waals surface area (Å²) in [7, 11) is 0. The Balaban J connectivity index is 1.44. The fourth-order valence-electron chi connectivity index (χ4n) is 4.55. The van der Waals surface area contributed by atoms with Gasteiger partial charge in [-0.05, 0) is 56.3 Å². The third kappa shape index (κ3) is 3.08. The van der Waals surface area contributed by atoms with Crippen molar-refractivity contribution in [1.82, 2.24) is 10.2 Å². The van der Waals surface area contributed by atoms with Gasteiger partial charge < -0.3 is 4.90 Å². The van der Waals surface area contributed by atoms with Crippen LogP contribution in [0.2, 0.25) is 0 Å². The van der Waals surface area contributed by atoms with Crippen LogP contribution in [0.3, 0.4) is 0 Å². The highest BCUT2D eigenvalue weighted by atomic mass is 19.3. The Labute approximate surface area is 145 Å². The largest absolute Gasteiger partial charge is 0.300 e. The lowest BCUT2D eigenvalue weighted by molar-refractivity contribution is -0.0558. The summed E-state index contributed by atoms with van der Waals surface area (Å²) < 4.78 is 26.7. The number of alkyl halides is 2. The van der Waals surface area contributed by atoms with E-state index in [1.807, 2.05) is 12.1 Å². The number of nitrogens with one attached hydrogen (secondary N) is 1. The number of piperidine rings is 1. The highest BCUT2D eigenvalue weighted by Gasteiger charge is 2.38. The molecule has 1 aromatic carbocycles. The predicted octanol–water partition coefficient (Wildman–Crippen LogP) is 3.33. The van der Waals surface area contributed by atoms with Gasteiger partial charge in [0.05, 0.1) is 11.1 Å². The first-order valence-electron chi connectivity index (χ1n) is 9.05. The maximum absolute atomic E-state index is 13.3. The molecule has 2 amide bonds. The number of nitrogens with zero attached hydrogens (tertiary/aromatic N) is 1. The van der Waals surface area contributed by atoms with Crippen LogP contribution in [0.25, 0.3) is 0 Å². The highest BCUT2D eigenvalue weighted by Crippen LogP contribution is 2.38. The molecular formula is C19H22F2N2O2. The van der Waals surface area contributed by atoms with E-state index >= 15 is 0 Å². The highest BCUT2D eigenvalue weighted by molar-refractivity contribution is 6.22. The van der Waals surface area contributed by atoms with E-state index in [1.165, 1.54) is 0 Å². The van der Waals surface area contributed by atoms with Crippen molar-refractivity contribution in [3.63, 3.8) is 0 Å². The zero-order valence-electron chi connectivity index (χ0n) is 14.1. The molecule has 0 unspecified atom stereocenters. The van der Waals surface area contributed by atoms with Gasteiger partial charge in [-0.2, -0.15) is 0 Å². The van der Waals surface area contributed by atoms with Crippen molar-refractivity contribution in [2.45, 2.75) is 56.4 Å². The van der Waals surface area contributed by atoms with E-state index in [0.29, 0.717) is 24.0 Å². The molecule has 0 aromatic heterocycles. The molecule has 0 bridgehead atoms. The van der Waals surface area contributed by atoms with Crippen molar-refractivity contribution in [2.24, 2.45) is 0 Å². The van der Waals surface area contributed by atoms with Crippen LogP contribution in [-0.4, -0.2) is 41.8 Å². The maximum atomic E-state index is 13.3. The Morgan fingerprint density at radius 1 is 1.00 bits per heavy atom. The molecule has 25 heavy (non-hydrogen) atoms. The Bertz CT molecular complexity index is 701. The number of amides is 2. The van der Waals surface area contributed by atoms with Gasteiger partial charge in [-0.15, -0.1) is 0 Å². The molecule has 0 radical (unpaired) electrons. The van der Waals surface area contributed by atoms with Gasteiger partial charge in [0.25, 0.3) is 11.8 Å². The Hall–Kier alpha value is -1.82. The number of carbonyl (C=O) groups excluding carboxylic acids is 2. The van der Waals surface area contributed by atoms with Crippen molar-refractivity contribution in [3.05, 3.63) is 34.9 Å². The molecule has 2 heterocycles. The van der Waals surface area contributed by atoms with Crippen LogP contribution in [0.4, 0.5) is 8.78 Å². The molecule has 3 aliphatic rings. The zero-order chi connectivity index (χ0) is 17.6. The lowest BCUT2D eigenvalue weighted by Crippen LogP contribution is -2.44. The van der Waals surface area contributed by atoms with E-state index in [9.17, 15) is 18.4 Å². The summed E-state index contributed by atoms with van der Waals surface area (Å²) in [5.74, 6) is -2.86. The van der Waals surface area contributed by atoms with Crippen molar-refractivity contribution >= 4 is 11.8 Å². The molecule has 6 heteroatoms. The molecule has 0 spiro atoms. The summed E-state index contributed by atoms with van der Waals surface area (Å²) >= 11 is 0. The molecule has 1 aliphatic carbocycles. The minimum atomic E-state index is -2.49. The van der Waals surface area contributed by atoms with Crippen LogP contribution in [0.1, 0.15) is 70.7 Å². The molecule has 4 nitrogen and oxygen atoms in total. The number of imide groups is 1. The number of carbonyl (C=O) groups is 2. The second-order valence-corrected chi connectivity index (χ2v) is 7.45. The number of likely N-dealkylation sites (tertiary alicyclic amines) is 1. The van der Waals surface area contributed by atoms with Crippen molar-refractivity contribution in [3.8, 4) is 0 Å². The van der Waals surface area contributed by atoms with Crippen molar-refractivity contribution < 1.29 is 18.4 Å². The van der Waals surface area contributed by atoms with Crippen LogP contribution >= 0.6 is 0 Å². The van der Waals surface area contributed by atoms with Gasteiger partial charge in [0.1, 0.15) is 0 Å². The molecule has 1 N–H and O–H groups in total. The third-order valence-electron chi connectivity index (χ3n) is 5.97. The van der Waals surface area contributed by atoms with Crippen LogP contribution in [0, 0.1) is 0 Å². The molecule has 1 saturated heterocycles. The summed E-state index contributed by atoms with van der Waals surface area (Å²) in [6.45, 7) is 1.72. The Morgan fingerprint density at radius 2 is 1.68 bits per heavy atom. The van der Waals surface area contributed by atoms with Crippen LogP contribution < -0.4 is 5.32 Å².